The van der Waals surface area contributed by atoms with Gasteiger partial charge in [0.05, 0.1) is 12.8 Å². The highest BCUT2D eigenvalue weighted by Gasteiger charge is 2.17. The van der Waals surface area contributed by atoms with Gasteiger partial charge in [0.25, 0.3) is 5.91 Å². The van der Waals surface area contributed by atoms with Crippen molar-refractivity contribution >= 4 is 23.2 Å². The van der Waals surface area contributed by atoms with Crippen LogP contribution in [0.25, 0.3) is 11.5 Å². The Balaban J connectivity index is 1.60. The van der Waals surface area contributed by atoms with Gasteiger partial charge >= 0.3 is 0 Å². The molecule has 0 saturated carbocycles. The van der Waals surface area contributed by atoms with Crippen molar-refractivity contribution in [1.29, 1.82) is 0 Å². The van der Waals surface area contributed by atoms with Crippen molar-refractivity contribution in [2.45, 2.75) is 20.4 Å². The molecule has 2 N–H and O–H groups in total. The summed E-state index contributed by atoms with van der Waals surface area (Å²) in [6.07, 6.45) is 1.59. The van der Waals surface area contributed by atoms with Gasteiger partial charge in [0.15, 0.2) is 12.3 Å². The van der Waals surface area contributed by atoms with E-state index in [-0.39, 0.29) is 5.91 Å². The number of furan rings is 1. The lowest BCUT2D eigenvalue weighted by Gasteiger charge is -2.16. The van der Waals surface area contributed by atoms with Gasteiger partial charge in [0.1, 0.15) is 12.2 Å². The number of nitrogens with zero attached hydrogens (tertiary/aromatic N) is 1. The number of likely N-dealkylation sites (N-methyl/N-ethyl adjacent to an activating group) is 1. The zero-order chi connectivity index (χ0) is 18.5. The molecule has 2 aromatic heterocycles. The first-order valence-electron chi connectivity index (χ1n) is 8.44. The first-order chi connectivity index (χ1) is 12.5. The third kappa shape index (κ3) is 4.53. The van der Waals surface area contributed by atoms with E-state index in [2.05, 4.69) is 10.5 Å². The minimum absolute atomic E-state index is 0.0676. The second-order valence-corrected chi connectivity index (χ2v) is 6.56. The molecule has 0 spiro atoms. The number of rotatable bonds is 7. The summed E-state index contributed by atoms with van der Waals surface area (Å²) < 4.78 is 10.6. The van der Waals surface area contributed by atoms with Gasteiger partial charge < -0.3 is 19.2 Å². The fourth-order valence-electron chi connectivity index (χ4n) is 2.65. The molecule has 0 radical (unpaired) electrons. The van der Waals surface area contributed by atoms with Crippen molar-refractivity contribution in [3.8, 4) is 11.5 Å². The largest absolute Gasteiger partial charge is 0.461 e. The summed E-state index contributed by atoms with van der Waals surface area (Å²) in [6, 6.07) is 10.9. The lowest BCUT2D eigenvalue weighted by Crippen LogP contribution is -3.11. The van der Waals surface area contributed by atoms with Crippen LogP contribution in [0.4, 0.5) is 5.69 Å². The molecule has 0 aliphatic rings. The van der Waals surface area contributed by atoms with Crippen LogP contribution in [-0.2, 0) is 11.3 Å². The van der Waals surface area contributed by atoms with E-state index in [1.54, 1.807) is 24.5 Å². The average molecular weight is 375 g/mol. The van der Waals surface area contributed by atoms with Crippen molar-refractivity contribution in [3.63, 3.8) is 0 Å². The van der Waals surface area contributed by atoms with Crippen LogP contribution in [0.2, 0.25) is 5.02 Å². The van der Waals surface area contributed by atoms with E-state index in [1.807, 2.05) is 32.0 Å². The molecule has 136 valence electrons. The molecule has 0 aliphatic heterocycles. The van der Waals surface area contributed by atoms with E-state index in [1.165, 1.54) is 0 Å². The molecular formula is C19H21ClN3O3+. The van der Waals surface area contributed by atoms with E-state index in [0.717, 1.165) is 28.4 Å². The van der Waals surface area contributed by atoms with Crippen molar-refractivity contribution in [3.05, 3.63) is 58.9 Å². The third-order valence-corrected chi connectivity index (χ3v) is 4.37. The number of aryl methyl sites for hydroxylation is 1. The Kier molecular flexibility index (Phi) is 5.75. The number of halogens is 1. The molecule has 3 rings (SSSR count). The predicted octanol–water partition coefficient (Wildman–Crippen LogP) is 2.94. The smallest absolute Gasteiger partial charge is 0.279 e. The Morgan fingerprint density at radius 3 is 2.85 bits per heavy atom. The van der Waals surface area contributed by atoms with E-state index in [4.69, 9.17) is 20.5 Å². The standard InChI is InChI=1S/C19H20ClN3O3/c1-3-23(11-15-10-18(26-22-15)17-5-4-8-25-17)12-19(24)21-16-9-14(20)7-6-13(16)2/h4-10H,3,11-12H2,1-2H3,(H,21,24)/p+1. The van der Waals surface area contributed by atoms with Crippen molar-refractivity contribution in [2.75, 3.05) is 18.4 Å². The number of nitrogens with one attached hydrogen (secondary N) is 2. The number of carbonyl (C=O) groups excluding carboxylic acids is 1. The number of benzene rings is 1. The molecule has 0 saturated heterocycles. The number of aromatic nitrogens is 1. The normalized spacial score (nSPS) is 12.1. The first kappa shape index (κ1) is 18.2. The number of amides is 1. The summed E-state index contributed by atoms with van der Waals surface area (Å²) in [6.45, 7) is 5.65. The summed E-state index contributed by atoms with van der Waals surface area (Å²) in [5, 5.41) is 7.59. The van der Waals surface area contributed by atoms with Crippen LogP contribution in [0.1, 0.15) is 18.2 Å². The number of quaternary nitrogens is 1. The highest BCUT2D eigenvalue weighted by molar-refractivity contribution is 6.31. The Morgan fingerprint density at radius 1 is 1.27 bits per heavy atom. The Morgan fingerprint density at radius 2 is 2.12 bits per heavy atom. The summed E-state index contributed by atoms with van der Waals surface area (Å²) in [7, 11) is 0. The maximum Gasteiger partial charge on any atom is 0.279 e. The Hall–Kier alpha value is -2.57. The van der Waals surface area contributed by atoms with Gasteiger partial charge in [-0.05, 0) is 43.7 Å². The van der Waals surface area contributed by atoms with Crippen LogP contribution in [-0.4, -0.2) is 24.2 Å². The van der Waals surface area contributed by atoms with Crippen LogP contribution in [0, 0.1) is 6.92 Å². The zero-order valence-electron chi connectivity index (χ0n) is 14.7. The number of carbonyl (C=O) groups is 1. The quantitative estimate of drug-likeness (QED) is 0.667. The van der Waals surface area contributed by atoms with Crippen LogP contribution in [0.3, 0.4) is 0 Å². The van der Waals surface area contributed by atoms with E-state index in [9.17, 15) is 4.79 Å². The van der Waals surface area contributed by atoms with Gasteiger partial charge in [0.2, 0.25) is 5.76 Å². The number of hydrogen-bond donors (Lipinski definition) is 2. The summed E-state index contributed by atoms with van der Waals surface area (Å²) in [5.41, 5.74) is 2.49. The van der Waals surface area contributed by atoms with E-state index < -0.39 is 0 Å². The fraction of sp³-hybridized carbons (Fsp3) is 0.263. The number of hydrogen-bond acceptors (Lipinski definition) is 4. The first-order valence-corrected chi connectivity index (χ1v) is 8.82. The van der Waals surface area contributed by atoms with Crippen molar-refractivity contribution < 1.29 is 18.6 Å². The maximum atomic E-state index is 12.4. The molecule has 0 aliphatic carbocycles. The van der Waals surface area contributed by atoms with Gasteiger partial charge in [-0.3, -0.25) is 4.79 Å². The molecule has 1 amide bonds. The van der Waals surface area contributed by atoms with Gasteiger partial charge in [-0.1, -0.05) is 22.8 Å². The topological polar surface area (TPSA) is 72.7 Å². The van der Waals surface area contributed by atoms with E-state index in [0.29, 0.717) is 29.6 Å². The minimum Gasteiger partial charge on any atom is -0.461 e. The Bertz CT molecular complexity index is 874. The second-order valence-electron chi connectivity index (χ2n) is 6.12. The van der Waals surface area contributed by atoms with Crippen LogP contribution in [0.5, 0.6) is 0 Å². The molecule has 26 heavy (non-hydrogen) atoms. The lowest BCUT2D eigenvalue weighted by molar-refractivity contribution is -0.904. The third-order valence-electron chi connectivity index (χ3n) is 4.14. The molecule has 0 bridgehead atoms. The molecule has 7 heteroatoms. The molecule has 2 heterocycles. The molecule has 1 atom stereocenters. The monoisotopic (exact) mass is 374 g/mol. The minimum atomic E-state index is -0.0676. The van der Waals surface area contributed by atoms with Crippen LogP contribution >= 0.6 is 11.6 Å². The van der Waals surface area contributed by atoms with Gasteiger partial charge in [-0.2, -0.15) is 0 Å². The number of anilines is 1. The predicted molar refractivity (Wildman–Crippen MR) is 99.1 cm³/mol. The van der Waals surface area contributed by atoms with Gasteiger partial charge in [-0.15, -0.1) is 0 Å². The van der Waals surface area contributed by atoms with Gasteiger partial charge in [-0.25, -0.2) is 0 Å². The fourth-order valence-corrected chi connectivity index (χ4v) is 2.82. The van der Waals surface area contributed by atoms with Crippen molar-refractivity contribution in [1.82, 2.24) is 5.16 Å². The summed E-state index contributed by atoms with van der Waals surface area (Å²) >= 11 is 6.00. The van der Waals surface area contributed by atoms with Crippen molar-refractivity contribution in [2.24, 2.45) is 0 Å². The summed E-state index contributed by atoms with van der Waals surface area (Å²) in [5.74, 6) is 1.15. The van der Waals surface area contributed by atoms with Crippen LogP contribution in [0.15, 0.2) is 51.6 Å². The van der Waals surface area contributed by atoms with Crippen LogP contribution < -0.4 is 10.2 Å². The highest BCUT2D eigenvalue weighted by Crippen LogP contribution is 2.21. The van der Waals surface area contributed by atoms with Gasteiger partial charge in [0, 0.05) is 16.8 Å². The molecular weight excluding hydrogens is 354 g/mol. The SMILES string of the molecule is CC[NH+](CC(=O)Nc1cc(Cl)ccc1C)Cc1cc(-c2ccco2)on1. The highest BCUT2D eigenvalue weighted by atomic mass is 35.5. The zero-order valence-corrected chi connectivity index (χ0v) is 15.5. The molecule has 6 nitrogen and oxygen atoms in total. The summed E-state index contributed by atoms with van der Waals surface area (Å²) in [4.78, 5) is 13.5. The second kappa shape index (κ2) is 8.21. The van der Waals surface area contributed by atoms with E-state index >= 15 is 0 Å². The lowest BCUT2D eigenvalue weighted by atomic mass is 10.2. The molecule has 3 aromatic rings. The molecule has 1 unspecified atom stereocenters. The molecule has 0 fully saturated rings. The average Bonchev–Trinajstić information content (AvgIpc) is 3.28. The Labute approximate surface area is 156 Å². The molecule has 1 aromatic carbocycles. The maximum absolute atomic E-state index is 12.4.